The SMILES string of the molecule is Cc1ccc(COc2ccc(C)cc2C#CCCl)c(Cl)c1. The van der Waals surface area contributed by atoms with Crippen molar-refractivity contribution in [2.75, 3.05) is 5.88 Å². The van der Waals surface area contributed by atoms with E-state index in [2.05, 4.69) is 11.8 Å². The Morgan fingerprint density at radius 3 is 2.48 bits per heavy atom. The third kappa shape index (κ3) is 4.43. The molecule has 3 heteroatoms. The van der Waals surface area contributed by atoms with Gasteiger partial charge in [-0.15, -0.1) is 11.6 Å². The number of halogens is 2. The Labute approximate surface area is 135 Å². The van der Waals surface area contributed by atoms with Crippen molar-refractivity contribution in [3.63, 3.8) is 0 Å². The molecule has 2 rings (SSSR count). The number of benzene rings is 2. The summed E-state index contributed by atoms with van der Waals surface area (Å²) in [5.74, 6) is 6.93. The highest BCUT2D eigenvalue weighted by molar-refractivity contribution is 6.31. The zero-order chi connectivity index (χ0) is 15.2. The van der Waals surface area contributed by atoms with Crippen LogP contribution in [0.4, 0.5) is 0 Å². The van der Waals surface area contributed by atoms with Crippen molar-refractivity contribution in [3.05, 3.63) is 63.7 Å². The minimum Gasteiger partial charge on any atom is -0.488 e. The van der Waals surface area contributed by atoms with Crippen LogP contribution >= 0.6 is 23.2 Å². The van der Waals surface area contributed by atoms with E-state index < -0.39 is 0 Å². The van der Waals surface area contributed by atoms with Crippen molar-refractivity contribution >= 4 is 23.2 Å². The predicted molar refractivity (Wildman–Crippen MR) is 89.3 cm³/mol. The van der Waals surface area contributed by atoms with Crippen LogP contribution in [0.1, 0.15) is 22.3 Å². The third-order valence-corrected chi connectivity index (χ3v) is 3.50. The average molecular weight is 319 g/mol. The summed E-state index contributed by atoms with van der Waals surface area (Å²) in [5.41, 5.74) is 4.07. The zero-order valence-electron chi connectivity index (χ0n) is 12.0. The second-order valence-corrected chi connectivity index (χ2v) is 5.49. The second-order valence-electron chi connectivity index (χ2n) is 4.82. The van der Waals surface area contributed by atoms with Crippen molar-refractivity contribution in [1.29, 1.82) is 0 Å². The van der Waals surface area contributed by atoms with Gasteiger partial charge in [-0.1, -0.05) is 41.6 Å². The van der Waals surface area contributed by atoms with Gasteiger partial charge in [-0.2, -0.15) is 0 Å². The summed E-state index contributed by atoms with van der Waals surface area (Å²) in [6.07, 6.45) is 0. The van der Waals surface area contributed by atoms with Gasteiger partial charge >= 0.3 is 0 Å². The molecule has 0 saturated heterocycles. The van der Waals surface area contributed by atoms with E-state index in [1.807, 2.05) is 50.2 Å². The van der Waals surface area contributed by atoms with E-state index in [1.54, 1.807) is 0 Å². The normalized spacial score (nSPS) is 9.90. The van der Waals surface area contributed by atoms with Gasteiger partial charge in [-0.3, -0.25) is 0 Å². The number of rotatable bonds is 3. The molecule has 0 amide bonds. The van der Waals surface area contributed by atoms with Crippen molar-refractivity contribution < 1.29 is 4.74 Å². The molecule has 21 heavy (non-hydrogen) atoms. The zero-order valence-corrected chi connectivity index (χ0v) is 13.6. The molecule has 0 heterocycles. The molecule has 0 saturated carbocycles. The predicted octanol–water partition coefficient (Wildman–Crippen LogP) is 5.13. The van der Waals surface area contributed by atoms with Crippen LogP contribution in [0.3, 0.4) is 0 Å². The topological polar surface area (TPSA) is 9.23 Å². The third-order valence-electron chi connectivity index (χ3n) is 3.02. The van der Waals surface area contributed by atoms with Gasteiger partial charge in [0.25, 0.3) is 0 Å². The van der Waals surface area contributed by atoms with Gasteiger partial charge in [-0.05, 0) is 43.2 Å². The molecule has 0 fully saturated rings. The van der Waals surface area contributed by atoms with E-state index in [-0.39, 0.29) is 0 Å². The van der Waals surface area contributed by atoms with Crippen LogP contribution in [0.25, 0.3) is 0 Å². The first-order valence-electron chi connectivity index (χ1n) is 6.63. The molecular weight excluding hydrogens is 303 g/mol. The highest BCUT2D eigenvalue weighted by Crippen LogP contribution is 2.23. The largest absolute Gasteiger partial charge is 0.488 e. The molecule has 0 aliphatic heterocycles. The van der Waals surface area contributed by atoms with Crippen molar-refractivity contribution in [1.82, 2.24) is 0 Å². The summed E-state index contributed by atoms with van der Waals surface area (Å²) in [6.45, 7) is 4.45. The van der Waals surface area contributed by atoms with Crippen LogP contribution in [-0.4, -0.2) is 5.88 Å². The lowest BCUT2D eigenvalue weighted by Crippen LogP contribution is -1.98. The molecule has 0 aliphatic carbocycles. The molecule has 0 spiro atoms. The van der Waals surface area contributed by atoms with E-state index in [4.69, 9.17) is 27.9 Å². The molecule has 2 aromatic carbocycles. The Kier molecular flexibility index (Phi) is 5.56. The number of hydrogen-bond acceptors (Lipinski definition) is 1. The van der Waals surface area contributed by atoms with Crippen LogP contribution in [-0.2, 0) is 6.61 Å². The fraction of sp³-hybridized carbons (Fsp3) is 0.222. The van der Waals surface area contributed by atoms with Crippen LogP contribution in [0.15, 0.2) is 36.4 Å². The molecule has 1 nitrogen and oxygen atoms in total. The Morgan fingerprint density at radius 1 is 1.05 bits per heavy atom. The first-order chi connectivity index (χ1) is 10.1. The van der Waals surface area contributed by atoms with Gasteiger partial charge in [0.05, 0.1) is 11.4 Å². The number of alkyl halides is 1. The quantitative estimate of drug-likeness (QED) is 0.563. The minimum absolute atomic E-state index is 0.303. The molecular formula is C18H16Cl2O. The Balaban J connectivity index is 2.19. The lowest BCUT2D eigenvalue weighted by Gasteiger charge is -2.10. The molecule has 0 atom stereocenters. The monoisotopic (exact) mass is 318 g/mol. The smallest absolute Gasteiger partial charge is 0.135 e. The van der Waals surface area contributed by atoms with E-state index in [0.717, 1.165) is 33.0 Å². The number of ether oxygens (including phenoxy) is 1. The van der Waals surface area contributed by atoms with E-state index in [0.29, 0.717) is 12.5 Å². The molecule has 108 valence electrons. The summed E-state index contributed by atoms with van der Waals surface area (Å²) in [4.78, 5) is 0. The van der Waals surface area contributed by atoms with Crippen LogP contribution in [0.5, 0.6) is 5.75 Å². The van der Waals surface area contributed by atoms with Crippen molar-refractivity contribution in [2.24, 2.45) is 0 Å². The molecule has 0 bridgehead atoms. The summed E-state index contributed by atoms with van der Waals surface area (Å²) in [5, 5.41) is 0.718. The number of aryl methyl sites for hydroxylation is 2. The van der Waals surface area contributed by atoms with Gasteiger partial charge < -0.3 is 4.74 Å². The molecule has 0 N–H and O–H groups in total. The number of hydrogen-bond donors (Lipinski definition) is 0. The van der Waals surface area contributed by atoms with Gasteiger partial charge in [0.1, 0.15) is 12.4 Å². The van der Waals surface area contributed by atoms with Crippen molar-refractivity contribution in [2.45, 2.75) is 20.5 Å². The summed E-state index contributed by atoms with van der Waals surface area (Å²) in [7, 11) is 0. The Hall–Kier alpha value is -1.62. The highest BCUT2D eigenvalue weighted by atomic mass is 35.5. The van der Waals surface area contributed by atoms with E-state index in [9.17, 15) is 0 Å². The highest BCUT2D eigenvalue weighted by Gasteiger charge is 2.05. The summed E-state index contributed by atoms with van der Waals surface area (Å²) in [6, 6.07) is 11.9. The molecule has 0 aliphatic rings. The lowest BCUT2D eigenvalue weighted by atomic mass is 10.1. The van der Waals surface area contributed by atoms with Gasteiger partial charge in [0.2, 0.25) is 0 Å². The molecule has 2 aromatic rings. The Bertz CT molecular complexity index is 696. The summed E-state index contributed by atoms with van der Waals surface area (Å²) < 4.78 is 5.87. The van der Waals surface area contributed by atoms with Crippen molar-refractivity contribution in [3.8, 4) is 17.6 Å². The summed E-state index contributed by atoms with van der Waals surface area (Å²) >= 11 is 11.8. The fourth-order valence-electron chi connectivity index (χ4n) is 1.92. The minimum atomic E-state index is 0.303. The molecule has 0 unspecified atom stereocenters. The van der Waals surface area contributed by atoms with Crippen LogP contribution in [0, 0.1) is 25.7 Å². The Morgan fingerprint density at radius 2 is 1.76 bits per heavy atom. The van der Waals surface area contributed by atoms with E-state index >= 15 is 0 Å². The van der Waals surface area contributed by atoms with Gasteiger partial charge in [0, 0.05) is 10.6 Å². The maximum absolute atomic E-state index is 6.22. The second kappa shape index (κ2) is 7.41. The van der Waals surface area contributed by atoms with Crippen LogP contribution in [0.2, 0.25) is 5.02 Å². The molecule has 0 aromatic heterocycles. The van der Waals surface area contributed by atoms with Gasteiger partial charge in [-0.25, -0.2) is 0 Å². The van der Waals surface area contributed by atoms with Gasteiger partial charge in [0.15, 0.2) is 0 Å². The fourth-order valence-corrected chi connectivity index (χ4v) is 2.28. The maximum Gasteiger partial charge on any atom is 0.135 e. The molecule has 0 radical (unpaired) electrons. The van der Waals surface area contributed by atoms with Crippen LogP contribution < -0.4 is 4.74 Å². The standard InChI is InChI=1S/C18H16Cl2O/c1-13-6-8-18(15(10-13)4-3-9-19)21-12-16-7-5-14(2)11-17(16)20/h5-8,10-11H,9,12H2,1-2H3. The maximum atomic E-state index is 6.22. The van der Waals surface area contributed by atoms with E-state index in [1.165, 1.54) is 0 Å². The lowest BCUT2D eigenvalue weighted by molar-refractivity contribution is 0.305. The first-order valence-corrected chi connectivity index (χ1v) is 7.54. The first kappa shape index (κ1) is 15.8. The average Bonchev–Trinajstić information content (AvgIpc) is 2.45.